The fourth-order valence-electron chi connectivity index (χ4n) is 3.28. The Morgan fingerprint density at radius 3 is 2.71 bits per heavy atom. The van der Waals surface area contributed by atoms with Crippen molar-refractivity contribution >= 4 is 10.2 Å². The number of nitrogens with zero attached hydrogens (tertiary/aromatic N) is 1. The van der Waals surface area contributed by atoms with Gasteiger partial charge in [0.15, 0.2) is 0 Å². The van der Waals surface area contributed by atoms with Crippen LogP contribution in [-0.2, 0) is 10.2 Å². The summed E-state index contributed by atoms with van der Waals surface area (Å²) in [6.07, 6.45) is 7.45. The largest absolute Gasteiger partial charge is 0.315 e. The van der Waals surface area contributed by atoms with Crippen LogP contribution in [0.25, 0.3) is 0 Å². The molecule has 0 bridgehead atoms. The Bertz CT molecular complexity index is 413. The molecule has 5 nitrogen and oxygen atoms in total. The van der Waals surface area contributed by atoms with Gasteiger partial charge in [-0.25, -0.2) is 0 Å². The zero-order valence-electron chi connectivity index (χ0n) is 13.5. The van der Waals surface area contributed by atoms with Gasteiger partial charge >= 0.3 is 0 Å². The first kappa shape index (κ1) is 17.2. The van der Waals surface area contributed by atoms with E-state index in [4.69, 9.17) is 0 Å². The van der Waals surface area contributed by atoms with Crippen molar-refractivity contribution in [3.63, 3.8) is 0 Å². The predicted molar refractivity (Wildman–Crippen MR) is 86.4 cm³/mol. The van der Waals surface area contributed by atoms with Crippen molar-refractivity contribution in [3.05, 3.63) is 0 Å². The minimum atomic E-state index is -3.31. The van der Waals surface area contributed by atoms with Crippen molar-refractivity contribution in [2.45, 2.75) is 70.9 Å². The van der Waals surface area contributed by atoms with Crippen LogP contribution in [0.1, 0.15) is 58.8 Å². The van der Waals surface area contributed by atoms with Gasteiger partial charge in [0.25, 0.3) is 10.2 Å². The Balaban J connectivity index is 1.89. The van der Waals surface area contributed by atoms with Crippen molar-refractivity contribution in [1.29, 1.82) is 0 Å². The van der Waals surface area contributed by atoms with E-state index < -0.39 is 10.2 Å². The second-order valence-corrected chi connectivity index (χ2v) is 8.13. The molecular formula is C15H31N3O2S. The molecule has 1 aliphatic carbocycles. The first-order valence-corrected chi connectivity index (χ1v) is 10.0. The lowest BCUT2D eigenvalue weighted by Crippen LogP contribution is -2.53. The maximum atomic E-state index is 12.6. The molecule has 21 heavy (non-hydrogen) atoms. The molecule has 1 saturated heterocycles. The molecule has 1 saturated carbocycles. The summed E-state index contributed by atoms with van der Waals surface area (Å²) in [6.45, 7) is 6.69. The molecular weight excluding hydrogens is 286 g/mol. The van der Waals surface area contributed by atoms with E-state index in [-0.39, 0.29) is 12.1 Å². The van der Waals surface area contributed by atoms with Gasteiger partial charge in [-0.1, -0.05) is 26.7 Å². The minimum absolute atomic E-state index is 0.117. The topological polar surface area (TPSA) is 61.4 Å². The number of hydrogen-bond donors (Lipinski definition) is 2. The highest BCUT2D eigenvalue weighted by Crippen LogP contribution is 2.35. The summed E-state index contributed by atoms with van der Waals surface area (Å²) in [5, 5.41) is 3.37. The molecule has 124 valence electrons. The summed E-state index contributed by atoms with van der Waals surface area (Å²) in [4.78, 5) is 0. The molecule has 0 amide bonds. The van der Waals surface area contributed by atoms with Crippen molar-refractivity contribution in [1.82, 2.24) is 14.3 Å². The van der Waals surface area contributed by atoms with Gasteiger partial charge in [0.1, 0.15) is 0 Å². The van der Waals surface area contributed by atoms with E-state index in [1.807, 2.05) is 0 Å². The van der Waals surface area contributed by atoms with E-state index in [9.17, 15) is 8.42 Å². The third-order valence-corrected chi connectivity index (χ3v) is 6.27. The van der Waals surface area contributed by atoms with Crippen LogP contribution in [0.4, 0.5) is 0 Å². The molecule has 0 spiro atoms. The number of rotatable bonds is 9. The lowest BCUT2D eigenvalue weighted by Gasteiger charge is -2.34. The van der Waals surface area contributed by atoms with Crippen LogP contribution in [0.15, 0.2) is 0 Å². The summed E-state index contributed by atoms with van der Waals surface area (Å²) in [7, 11) is -3.31. The average Bonchev–Trinajstić information content (AvgIpc) is 3.17. The summed E-state index contributed by atoms with van der Waals surface area (Å²) in [6, 6.07) is 0.298. The SMILES string of the molecule is CCCNCC1CCCCN1S(=O)(=O)NC1CC1CCC. The summed E-state index contributed by atoms with van der Waals surface area (Å²) in [5.74, 6) is 0.561. The fraction of sp³-hybridized carbons (Fsp3) is 1.00. The van der Waals surface area contributed by atoms with Gasteiger partial charge in [0.05, 0.1) is 0 Å². The highest BCUT2D eigenvalue weighted by Gasteiger charge is 2.42. The normalized spacial score (nSPS) is 30.5. The number of hydrogen-bond acceptors (Lipinski definition) is 3. The Labute approximate surface area is 130 Å². The lowest BCUT2D eigenvalue weighted by atomic mass is 10.1. The molecule has 0 aromatic rings. The van der Waals surface area contributed by atoms with Crippen molar-refractivity contribution in [2.75, 3.05) is 19.6 Å². The molecule has 3 unspecified atom stereocenters. The molecule has 0 radical (unpaired) electrons. The second-order valence-electron chi connectivity index (χ2n) is 6.48. The number of nitrogens with one attached hydrogen (secondary N) is 2. The van der Waals surface area contributed by atoms with Crippen LogP contribution in [0.3, 0.4) is 0 Å². The Hall–Kier alpha value is -0.170. The fourth-order valence-corrected chi connectivity index (χ4v) is 5.03. The first-order valence-electron chi connectivity index (χ1n) is 8.58. The quantitative estimate of drug-likeness (QED) is 0.638. The van der Waals surface area contributed by atoms with Crippen LogP contribution in [-0.4, -0.2) is 44.4 Å². The molecule has 1 aliphatic heterocycles. The molecule has 2 aliphatic rings. The standard InChI is InChI=1S/C15H31N3O2S/c1-3-7-13-11-15(13)17-21(19,20)18-10-6-5-8-14(18)12-16-9-4-2/h13-17H,3-12H2,1-2H3. The van der Waals surface area contributed by atoms with E-state index in [0.717, 1.165) is 58.0 Å². The van der Waals surface area contributed by atoms with Crippen LogP contribution in [0.5, 0.6) is 0 Å². The predicted octanol–water partition coefficient (Wildman–Crippen LogP) is 1.86. The molecule has 2 N–H and O–H groups in total. The second kappa shape index (κ2) is 7.90. The van der Waals surface area contributed by atoms with Crippen LogP contribution >= 0.6 is 0 Å². The van der Waals surface area contributed by atoms with Crippen molar-refractivity contribution in [2.24, 2.45) is 5.92 Å². The van der Waals surface area contributed by atoms with E-state index in [1.54, 1.807) is 4.31 Å². The molecule has 0 aromatic carbocycles. The maximum Gasteiger partial charge on any atom is 0.280 e. The Morgan fingerprint density at radius 2 is 2.00 bits per heavy atom. The summed E-state index contributed by atoms with van der Waals surface area (Å²) in [5.41, 5.74) is 0. The molecule has 0 aromatic heterocycles. The third-order valence-electron chi connectivity index (χ3n) is 4.57. The monoisotopic (exact) mass is 317 g/mol. The molecule has 1 heterocycles. The van der Waals surface area contributed by atoms with Gasteiger partial charge in [-0.2, -0.15) is 17.4 Å². The van der Waals surface area contributed by atoms with E-state index in [2.05, 4.69) is 23.9 Å². The lowest BCUT2D eigenvalue weighted by molar-refractivity contribution is 0.242. The minimum Gasteiger partial charge on any atom is -0.315 e. The summed E-state index contributed by atoms with van der Waals surface area (Å²) >= 11 is 0. The van der Waals surface area contributed by atoms with Crippen LogP contribution < -0.4 is 10.0 Å². The van der Waals surface area contributed by atoms with E-state index in [0.29, 0.717) is 12.5 Å². The van der Waals surface area contributed by atoms with Gasteiger partial charge in [-0.05, 0) is 44.6 Å². The average molecular weight is 317 g/mol. The van der Waals surface area contributed by atoms with E-state index >= 15 is 0 Å². The molecule has 6 heteroatoms. The summed E-state index contributed by atoms with van der Waals surface area (Å²) < 4.78 is 29.9. The van der Waals surface area contributed by atoms with Crippen LogP contribution in [0.2, 0.25) is 0 Å². The van der Waals surface area contributed by atoms with Crippen molar-refractivity contribution < 1.29 is 8.42 Å². The van der Waals surface area contributed by atoms with E-state index in [1.165, 1.54) is 0 Å². The van der Waals surface area contributed by atoms with Gasteiger partial charge in [-0.3, -0.25) is 0 Å². The first-order chi connectivity index (χ1) is 10.1. The highest BCUT2D eigenvalue weighted by molar-refractivity contribution is 7.87. The van der Waals surface area contributed by atoms with Gasteiger partial charge in [0.2, 0.25) is 0 Å². The third kappa shape index (κ3) is 4.91. The van der Waals surface area contributed by atoms with Gasteiger partial charge in [-0.15, -0.1) is 0 Å². The zero-order chi connectivity index (χ0) is 15.3. The Kier molecular flexibility index (Phi) is 6.47. The smallest absolute Gasteiger partial charge is 0.280 e. The maximum absolute atomic E-state index is 12.6. The van der Waals surface area contributed by atoms with Gasteiger partial charge in [0, 0.05) is 25.2 Å². The Morgan fingerprint density at radius 1 is 1.19 bits per heavy atom. The molecule has 3 atom stereocenters. The zero-order valence-corrected chi connectivity index (χ0v) is 14.3. The van der Waals surface area contributed by atoms with Crippen molar-refractivity contribution in [3.8, 4) is 0 Å². The number of piperidine rings is 1. The van der Waals surface area contributed by atoms with Gasteiger partial charge < -0.3 is 5.32 Å². The molecule has 2 fully saturated rings. The highest BCUT2D eigenvalue weighted by atomic mass is 32.2. The van der Waals surface area contributed by atoms with Crippen LogP contribution in [0, 0.1) is 5.92 Å². The molecule has 2 rings (SSSR count).